The van der Waals surface area contributed by atoms with E-state index >= 15 is 0 Å². The quantitative estimate of drug-likeness (QED) is 0.385. The van der Waals surface area contributed by atoms with E-state index in [1.165, 1.54) is 42.1 Å². The first-order chi connectivity index (χ1) is 16.0. The summed E-state index contributed by atoms with van der Waals surface area (Å²) in [5.41, 5.74) is -3.29. The Bertz CT molecular complexity index is 1190. The van der Waals surface area contributed by atoms with Crippen LogP contribution in [-0.2, 0) is 11.0 Å². The van der Waals surface area contributed by atoms with Crippen molar-refractivity contribution in [2.45, 2.75) is 31.0 Å². The van der Waals surface area contributed by atoms with Gasteiger partial charge < -0.3 is 19.9 Å². The van der Waals surface area contributed by atoms with Crippen molar-refractivity contribution in [2.75, 3.05) is 23.9 Å². The Morgan fingerprint density at radius 2 is 1.97 bits per heavy atom. The van der Waals surface area contributed by atoms with E-state index in [1.807, 2.05) is 0 Å². The molecule has 0 unspecified atom stereocenters. The van der Waals surface area contributed by atoms with Gasteiger partial charge in [-0.25, -0.2) is 9.37 Å². The fourth-order valence-corrected chi connectivity index (χ4v) is 4.05. The molecule has 1 heterocycles. The Kier molecular flexibility index (Phi) is 6.88. The number of pyridine rings is 1. The first-order valence-electron chi connectivity index (χ1n) is 10.0. The maximum atomic E-state index is 14.7. The van der Waals surface area contributed by atoms with Gasteiger partial charge in [-0.1, -0.05) is 0 Å². The molecule has 0 radical (unpaired) electrons. The number of aldehydes is 1. The van der Waals surface area contributed by atoms with Crippen LogP contribution in [0.25, 0.3) is 0 Å². The summed E-state index contributed by atoms with van der Waals surface area (Å²) in [7, 11) is 2.73. The normalized spacial score (nSPS) is 14.4. The molecule has 1 aromatic heterocycles. The number of nitrogens with one attached hydrogen (secondary N) is 1. The van der Waals surface area contributed by atoms with Crippen LogP contribution in [-0.4, -0.2) is 41.9 Å². The zero-order chi connectivity index (χ0) is 25.3. The number of carbonyl (C=O) groups is 2. The smallest absolute Gasteiger partial charge is 0.355 e. The molecule has 1 N–H and O–H groups in total. The van der Waals surface area contributed by atoms with Crippen molar-refractivity contribution in [1.29, 1.82) is 5.26 Å². The zero-order valence-corrected chi connectivity index (χ0v) is 18.9. The largest absolute Gasteiger partial charge is 0.419 e. The number of rotatable bonds is 5. The van der Waals surface area contributed by atoms with Gasteiger partial charge in [0.2, 0.25) is 0 Å². The van der Waals surface area contributed by atoms with Crippen LogP contribution in [0.4, 0.5) is 28.9 Å². The molecule has 34 heavy (non-hydrogen) atoms. The van der Waals surface area contributed by atoms with E-state index in [1.54, 1.807) is 0 Å². The van der Waals surface area contributed by atoms with Crippen molar-refractivity contribution < 1.29 is 27.2 Å². The molecule has 2 aromatic rings. The fourth-order valence-electron chi connectivity index (χ4n) is 3.66. The van der Waals surface area contributed by atoms with E-state index in [9.17, 15) is 27.2 Å². The Morgan fingerprint density at radius 1 is 1.29 bits per heavy atom. The predicted molar refractivity (Wildman–Crippen MR) is 120 cm³/mol. The van der Waals surface area contributed by atoms with Crippen LogP contribution >= 0.6 is 12.2 Å². The Labute approximate surface area is 198 Å². The Morgan fingerprint density at radius 3 is 2.44 bits per heavy atom. The summed E-state index contributed by atoms with van der Waals surface area (Å²) >= 11 is 5.54. The predicted octanol–water partition coefficient (Wildman–Crippen LogP) is 3.82. The van der Waals surface area contributed by atoms with Gasteiger partial charge in [0.15, 0.2) is 10.8 Å². The molecule has 1 amide bonds. The van der Waals surface area contributed by atoms with Gasteiger partial charge >= 0.3 is 6.18 Å². The lowest BCUT2D eigenvalue weighted by atomic mass is 9.76. The van der Waals surface area contributed by atoms with E-state index in [2.05, 4.69) is 10.3 Å². The third-order valence-corrected chi connectivity index (χ3v) is 6.17. The minimum Gasteiger partial charge on any atom is -0.355 e. The molecule has 12 heteroatoms. The number of carbonyl (C=O) groups excluding carboxylic acids is 2. The first-order valence-corrected chi connectivity index (χ1v) is 10.4. The van der Waals surface area contributed by atoms with E-state index < -0.39 is 34.7 Å². The number of hydrogen-bond donors (Lipinski definition) is 1. The van der Waals surface area contributed by atoms with Crippen LogP contribution in [0.2, 0.25) is 0 Å². The van der Waals surface area contributed by atoms with Crippen molar-refractivity contribution in [3.63, 3.8) is 0 Å². The lowest BCUT2D eigenvalue weighted by molar-refractivity contribution is -0.138. The molecule has 1 saturated carbocycles. The number of nitrogens with zero attached hydrogens (tertiary/aromatic N) is 4. The summed E-state index contributed by atoms with van der Waals surface area (Å²) in [6.45, 7) is 0. The molecule has 0 aliphatic heterocycles. The number of anilines is 2. The van der Waals surface area contributed by atoms with Crippen LogP contribution in [0.3, 0.4) is 0 Å². The first kappa shape index (κ1) is 25.0. The second-order valence-corrected chi connectivity index (χ2v) is 8.06. The zero-order valence-electron chi connectivity index (χ0n) is 18.1. The van der Waals surface area contributed by atoms with Gasteiger partial charge in [0.05, 0.1) is 23.0 Å². The van der Waals surface area contributed by atoms with Crippen LogP contribution in [0.1, 0.15) is 40.9 Å². The number of benzene rings is 1. The summed E-state index contributed by atoms with van der Waals surface area (Å²) < 4.78 is 55.0. The molecule has 1 aliphatic carbocycles. The molecular formula is C22H19F4N5O2S. The van der Waals surface area contributed by atoms with Crippen molar-refractivity contribution >= 4 is 40.9 Å². The number of aromatic nitrogens is 1. The van der Waals surface area contributed by atoms with Gasteiger partial charge in [-0.2, -0.15) is 18.4 Å². The summed E-state index contributed by atoms with van der Waals surface area (Å²) in [6, 6.07) is 5.84. The van der Waals surface area contributed by atoms with E-state index in [0.717, 1.165) is 18.3 Å². The molecule has 1 aliphatic rings. The van der Waals surface area contributed by atoms with Gasteiger partial charge in [-0.05, 0) is 55.7 Å². The highest BCUT2D eigenvalue weighted by molar-refractivity contribution is 7.80. The number of thiocarbonyl (C=S) groups is 1. The molecule has 0 saturated heterocycles. The maximum Gasteiger partial charge on any atom is 0.419 e. The summed E-state index contributed by atoms with van der Waals surface area (Å²) in [6.07, 6.45) is -1.61. The fraction of sp³-hybridized carbons (Fsp3) is 0.318. The van der Waals surface area contributed by atoms with Gasteiger partial charge in [-0.3, -0.25) is 4.79 Å². The highest BCUT2D eigenvalue weighted by Crippen LogP contribution is 2.41. The van der Waals surface area contributed by atoms with E-state index in [4.69, 9.17) is 17.5 Å². The van der Waals surface area contributed by atoms with Gasteiger partial charge in [-0.15, -0.1) is 0 Å². The maximum absolute atomic E-state index is 14.7. The van der Waals surface area contributed by atoms with Gasteiger partial charge in [0, 0.05) is 19.8 Å². The highest BCUT2D eigenvalue weighted by Gasteiger charge is 2.46. The van der Waals surface area contributed by atoms with Crippen LogP contribution in [0.5, 0.6) is 0 Å². The average molecular weight is 493 g/mol. The number of halogens is 4. The number of hydrogen-bond acceptors (Lipinski definition) is 5. The molecule has 0 atom stereocenters. The minimum absolute atomic E-state index is 0.0795. The number of alkyl halides is 3. The topological polar surface area (TPSA) is 89.3 Å². The van der Waals surface area contributed by atoms with E-state index in [-0.39, 0.29) is 22.1 Å². The third kappa shape index (κ3) is 4.43. The van der Waals surface area contributed by atoms with Crippen LogP contribution in [0, 0.1) is 17.1 Å². The standard InChI is InChI=1S/C22H19F4N5O2S/c1-28-19(33)15-5-4-13(9-17(15)23)31(21(12-32)6-3-7-21)20(34)30(2)14-8-16(22(24,25)26)18(10-27)29-11-14/h4-5,8-9,11-12H,3,6-7H2,1-2H3,(H,28,33). The molecule has 0 spiro atoms. The average Bonchev–Trinajstić information content (AvgIpc) is 2.78. The second-order valence-electron chi connectivity index (χ2n) is 7.69. The highest BCUT2D eigenvalue weighted by atomic mass is 32.1. The van der Waals surface area contributed by atoms with Crippen molar-refractivity contribution in [2.24, 2.45) is 0 Å². The van der Waals surface area contributed by atoms with Gasteiger partial charge in [0.1, 0.15) is 23.7 Å². The Hall–Kier alpha value is -3.59. The SMILES string of the molecule is CNC(=O)c1ccc(N(C(=S)N(C)c2cnc(C#N)c(C(F)(F)F)c2)C2(C=O)CCC2)cc1F. The second kappa shape index (κ2) is 9.34. The Balaban J connectivity index is 2.08. The molecule has 1 aromatic carbocycles. The molecule has 178 valence electrons. The minimum atomic E-state index is -4.83. The monoisotopic (exact) mass is 493 g/mol. The van der Waals surface area contributed by atoms with Crippen LogP contribution < -0.4 is 15.1 Å². The van der Waals surface area contributed by atoms with E-state index in [0.29, 0.717) is 25.5 Å². The lowest BCUT2D eigenvalue weighted by Crippen LogP contribution is -2.60. The van der Waals surface area contributed by atoms with Crippen molar-refractivity contribution in [1.82, 2.24) is 10.3 Å². The number of amides is 1. The summed E-state index contributed by atoms with van der Waals surface area (Å²) in [5.74, 6) is -1.50. The van der Waals surface area contributed by atoms with Crippen molar-refractivity contribution in [3.05, 3.63) is 53.1 Å². The number of nitriles is 1. The lowest BCUT2D eigenvalue weighted by Gasteiger charge is -2.48. The molecule has 0 bridgehead atoms. The van der Waals surface area contributed by atoms with Gasteiger partial charge in [0.25, 0.3) is 5.91 Å². The summed E-state index contributed by atoms with van der Waals surface area (Å²) in [4.78, 5) is 30.1. The molecule has 3 rings (SSSR count). The molecule has 1 fully saturated rings. The van der Waals surface area contributed by atoms with Crippen LogP contribution in [0.15, 0.2) is 30.5 Å². The molecular weight excluding hydrogens is 474 g/mol. The summed E-state index contributed by atoms with van der Waals surface area (Å²) in [5, 5.41) is 11.2. The third-order valence-electron chi connectivity index (χ3n) is 5.72. The van der Waals surface area contributed by atoms with Crippen molar-refractivity contribution in [3.8, 4) is 6.07 Å². The molecule has 7 nitrogen and oxygen atoms in total.